The summed E-state index contributed by atoms with van der Waals surface area (Å²) in [5.74, 6) is 0.757. The third kappa shape index (κ3) is 5.63. The molecule has 204 valence electrons. The Morgan fingerprint density at radius 2 is 1.71 bits per heavy atom. The number of rotatable bonds is 9. The monoisotopic (exact) mass is 580 g/mol. The zero-order valence-corrected chi connectivity index (χ0v) is 23.5. The first-order valence-electron chi connectivity index (χ1n) is 12.7. The van der Waals surface area contributed by atoms with Crippen LogP contribution < -0.4 is 15.4 Å². The Labute approximate surface area is 243 Å². The summed E-state index contributed by atoms with van der Waals surface area (Å²) < 4.78 is 8.40. The number of thioether (sulfide) groups is 1. The first kappa shape index (κ1) is 26.5. The van der Waals surface area contributed by atoms with Crippen molar-refractivity contribution in [3.63, 3.8) is 0 Å². The number of carbonyl (C=O) groups is 2. The number of hydrogen-bond donors (Lipinski definition) is 2. The molecule has 2 amide bonds. The van der Waals surface area contributed by atoms with Crippen LogP contribution in [0.4, 0.5) is 5.13 Å². The van der Waals surface area contributed by atoms with Crippen molar-refractivity contribution in [2.45, 2.75) is 11.7 Å². The summed E-state index contributed by atoms with van der Waals surface area (Å²) in [4.78, 5) is 30.5. The molecule has 2 heterocycles. The van der Waals surface area contributed by atoms with Crippen molar-refractivity contribution in [1.29, 1.82) is 0 Å². The van der Waals surface area contributed by atoms with Gasteiger partial charge in [0.25, 0.3) is 5.91 Å². The van der Waals surface area contributed by atoms with Crippen LogP contribution >= 0.6 is 23.1 Å². The molecule has 0 aliphatic heterocycles. The number of fused-ring (bicyclic) bond motifs is 2. The molecular formula is C30H24N6O3S2. The maximum absolute atomic E-state index is 13.2. The van der Waals surface area contributed by atoms with Gasteiger partial charge in [-0.05, 0) is 41.1 Å². The van der Waals surface area contributed by atoms with Crippen molar-refractivity contribution < 1.29 is 14.3 Å². The van der Waals surface area contributed by atoms with E-state index in [0.29, 0.717) is 33.1 Å². The van der Waals surface area contributed by atoms with E-state index in [1.165, 1.54) is 23.1 Å². The standard InChI is InChI=1S/C30H24N6O3S2/c1-39-24-15-6-5-14-23(24)36-26(17-31-28(38)21-12-8-10-19-9-2-3-11-20(19)21)34-35-30(36)40-18-27(37)33-29-32-22-13-4-7-16-25(22)41-29/h2-16H,17-18H2,1H3,(H,31,38)(H,32,33,37). The van der Waals surface area contributed by atoms with E-state index in [2.05, 4.69) is 25.8 Å². The minimum absolute atomic E-state index is 0.0889. The molecule has 6 aromatic rings. The van der Waals surface area contributed by atoms with E-state index in [0.717, 1.165) is 21.0 Å². The lowest BCUT2D eigenvalue weighted by molar-refractivity contribution is -0.113. The number of amides is 2. The van der Waals surface area contributed by atoms with Crippen LogP contribution in [-0.2, 0) is 11.3 Å². The number of nitrogens with zero attached hydrogens (tertiary/aromatic N) is 4. The first-order chi connectivity index (χ1) is 20.1. The van der Waals surface area contributed by atoms with E-state index >= 15 is 0 Å². The Morgan fingerprint density at radius 3 is 2.59 bits per heavy atom. The summed E-state index contributed by atoms with van der Waals surface area (Å²) in [7, 11) is 1.59. The van der Waals surface area contributed by atoms with Crippen LogP contribution in [0.15, 0.2) is 96.2 Å². The van der Waals surface area contributed by atoms with E-state index in [-0.39, 0.29) is 24.1 Å². The molecule has 0 spiro atoms. The molecule has 9 nitrogen and oxygen atoms in total. The first-order valence-corrected chi connectivity index (χ1v) is 14.5. The number of benzene rings is 4. The zero-order chi connectivity index (χ0) is 28.2. The second kappa shape index (κ2) is 11.8. The average molecular weight is 581 g/mol. The van der Waals surface area contributed by atoms with E-state index in [9.17, 15) is 9.59 Å². The van der Waals surface area contributed by atoms with Crippen molar-refractivity contribution in [2.75, 3.05) is 18.2 Å². The number of thiazole rings is 1. The quantitative estimate of drug-likeness (QED) is 0.211. The molecule has 0 saturated carbocycles. The maximum Gasteiger partial charge on any atom is 0.252 e. The SMILES string of the molecule is COc1ccccc1-n1c(CNC(=O)c2cccc3ccccc23)nnc1SCC(=O)Nc1nc2ccccc2s1. The van der Waals surface area contributed by atoms with Gasteiger partial charge in [0.1, 0.15) is 5.75 Å². The predicted molar refractivity (Wildman–Crippen MR) is 162 cm³/mol. The van der Waals surface area contributed by atoms with Crippen LogP contribution in [0.2, 0.25) is 0 Å². The number of aromatic nitrogens is 4. The summed E-state index contributed by atoms with van der Waals surface area (Å²) in [6.07, 6.45) is 0. The molecule has 4 aromatic carbocycles. The molecule has 2 N–H and O–H groups in total. The van der Waals surface area contributed by atoms with Crippen molar-refractivity contribution in [3.8, 4) is 11.4 Å². The van der Waals surface area contributed by atoms with Gasteiger partial charge in [-0.25, -0.2) is 4.98 Å². The normalized spacial score (nSPS) is 11.0. The van der Waals surface area contributed by atoms with Gasteiger partial charge in [0.2, 0.25) is 5.91 Å². The summed E-state index contributed by atoms with van der Waals surface area (Å²) in [6.45, 7) is 0.117. The topological polar surface area (TPSA) is 111 Å². The molecule has 2 aromatic heterocycles. The largest absolute Gasteiger partial charge is 0.495 e. The van der Waals surface area contributed by atoms with Gasteiger partial charge >= 0.3 is 0 Å². The van der Waals surface area contributed by atoms with Crippen molar-refractivity contribution in [2.24, 2.45) is 0 Å². The number of hydrogen-bond acceptors (Lipinski definition) is 8. The van der Waals surface area contributed by atoms with Crippen LogP contribution in [0.25, 0.3) is 26.7 Å². The van der Waals surface area contributed by atoms with E-state index in [4.69, 9.17) is 4.74 Å². The van der Waals surface area contributed by atoms with E-state index < -0.39 is 0 Å². The minimum Gasteiger partial charge on any atom is -0.495 e. The zero-order valence-electron chi connectivity index (χ0n) is 21.9. The fourth-order valence-corrected chi connectivity index (χ4v) is 6.10. The van der Waals surface area contributed by atoms with Gasteiger partial charge in [0.15, 0.2) is 16.1 Å². The summed E-state index contributed by atoms with van der Waals surface area (Å²) >= 11 is 2.66. The smallest absolute Gasteiger partial charge is 0.252 e. The maximum atomic E-state index is 13.2. The molecule has 0 bridgehead atoms. The second-order valence-electron chi connectivity index (χ2n) is 8.94. The Bertz CT molecular complexity index is 1840. The number of anilines is 1. The molecule has 0 fully saturated rings. The van der Waals surface area contributed by atoms with Crippen LogP contribution in [-0.4, -0.2) is 44.4 Å². The number of para-hydroxylation sites is 3. The predicted octanol–water partition coefficient (Wildman–Crippen LogP) is 5.70. The van der Waals surface area contributed by atoms with Crippen molar-refractivity contribution >= 4 is 61.0 Å². The van der Waals surface area contributed by atoms with Gasteiger partial charge in [-0.3, -0.25) is 14.2 Å². The highest BCUT2D eigenvalue weighted by molar-refractivity contribution is 7.99. The van der Waals surface area contributed by atoms with Crippen molar-refractivity contribution in [3.05, 3.63) is 102 Å². The van der Waals surface area contributed by atoms with Gasteiger partial charge in [-0.2, -0.15) is 0 Å². The third-order valence-electron chi connectivity index (χ3n) is 6.34. The van der Waals surface area contributed by atoms with Crippen LogP contribution in [0.1, 0.15) is 16.2 Å². The van der Waals surface area contributed by atoms with E-state index in [1.54, 1.807) is 17.7 Å². The molecule has 0 radical (unpaired) electrons. The lowest BCUT2D eigenvalue weighted by Gasteiger charge is -2.14. The van der Waals surface area contributed by atoms with Gasteiger partial charge in [-0.1, -0.05) is 83.8 Å². The number of ether oxygens (including phenoxy) is 1. The summed E-state index contributed by atoms with van der Waals surface area (Å²) in [5.41, 5.74) is 2.11. The molecule has 0 atom stereocenters. The lowest BCUT2D eigenvalue weighted by atomic mass is 10.0. The average Bonchev–Trinajstić information content (AvgIpc) is 3.61. The van der Waals surface area contributed by atoms with Gasteiger partial charge in [0.05, 0.1) is 35.3 Å². The Balaban J connectivity index is 1.22. The second-order valence-corrected chi connectivity index (χ2v) is 10.9. The molecule has 11 heteroatoms. The Morgan fingerprint density at radius 1 is 0.927 bits per heavy atom. The van der Waals surface area contributed by atoms with Gasteiger partial charge in [0, 0.05) is 5.56 Å². The summed E-state index contributed by atoms with van der Waals surface area (Å²) in [5, 5.41) is 17.5. The fraction of sp³-hybridized carbons (Fsp3) is 0.100. The molecule has 0 saturated heterocycles. The highest BCUT2D eigenvalue weighted by atomic mass is 32.2. The van der Waals surface area contributed by atoms with Gasteiger partial charge < -0.3 is 15.4 Å². The van der Waals surface area contributed by atoms with Gasteiger partial charge in [-0.15, -0.1) is 10.2 Å². The molecule has 0 aliphatic carbocycles. The Kier molecular flexibility index (Phi) is 7.61. The lowest BCUT2D eigenvalue weighted by Crippen LogP contribution is -2.25. The molecule has 0 aliphatic rings. The van der Waals surface area contributed by atoms with Crippen LogP contribution in [0, 0.1) is 0 Å². The third-order valence-corrected chi connectivity index (χ3v) is 8.22. The highest BCUT2D eigenvalue weighted by Crippen LogP contribution is 2.30. The fourth-order valence-electron chi connectivity index (χ4n) is 4.45. The van der Waals surface area contributed by atoms with Crippen LogP contribution in [0.3, 0.4) is 0 Å². The molecule has 0 unspecified atom stereocenters. The van der Waals surface area contributed by atoms with Crippen LogP contribution in [0.5, 0.6) is 5.75 Å². The molecule has 6 rings (SSSR count). The number of carbonyl (C=O) groups excluding carboxylic acids is 2. The minimum atomic E-state index is -0.221. The van der Waals surface area contributed by atoms with E-state index in [1.807, 2.05) is 84.9 Å². The Hall–Kier alpha value is -4.74. The number of methoxy groups -OCH3 is 1. The molecule has 41 heavy (non-hydrogen) atoms. The van der Waals surface area contributed by atoms with Crippen molar-refractivity contribution in [1.82, 2.24) is 25.1 Å². The molecular weight excluding hydrogens is 557 g/mol. The number of nitrogens with one attached hydrogen (secondary N) is 2. The highest BCUT2D eigenvalue weighted by Gasteiger charge is 2.20. The summed E-state index contributed by atoms with van der Waals surface area (Å²) in [6, 6.07) is 28.6.